The van der Waals surface area contributed by atoms with Crippen molar-refractivity contribution in [3.8, 4) is 0 Å². The number of amides is 2. The van der Waals surface area contributed by atoms with Crippen LogP contribution >= 0.6 is 0 Å². The second-order valence-electron chi connectivity index (χ2n) is 5.62. The Labute approximate surface area is 145 Å². The highest BCUT2D eigenvalue weighted by atomic mass is 19.2. The third-order valence-corrected chi connectivity index (χ3v) is 3.85. The summed E-state index contributed by atoms with van der Waals surface area (Å²) in [5.41, 5.74) is 0.0607. The van der Waals surface area contributed by atoms with Crippen molar-refractivity contribution in [3.05, 3.63) is 35.4 Å². The first kappa shape index (κ1) is 19.3. The zero-order valence-electron chi connectivity index (χ0n) is 14.3. The molecule has 1 N–H and O–H groups in total. The molecule has 1 aromatic rings. The summed E-state index contributed by atoms with van der Waals surface area (Å²) in [5.74, 6) is -3.03. The smallest absolute Gasteiger partial charge is 0.254 e. The van der Waals surface area contributed by atoms with Crippen LogP contribution in [0.5, 0.6) is 0 Å². The van der Waals surface area contributed by atoms with E-state index in [1.54, 1.807) is 0 Å². The Morgan fingerprint density at radius 2 is 1.84 bits per heavy atom. The highest BCUT2D eigenvalue weighted by molar-refractivity contribution is 5.96. The summed E-state index contributed by atoms with van der Waals surface area (Å²) < 4.78 is 36.8. The molecule has 6 nitrogen and oxygen atoms in total. The first-order valence-corrected chi connectivity index (χ1v) is 8.21. The van der Waals surface area contributed by atoms with Crippen LogP contribution < -0.4 is 5.32 Å². The Balaban J connectivity index is 1.79. The van der Waals surface area contributed by atoms with Gasteiger partial charge in [0.05, 0.1) is 12.5 Å². The Kier molecular flexibility index (Phi) is 6.83. The van der Waals surface area contributed by atoms with Crippen molar-refractivity contribution in [3.63, 3.8) is 0 Å². The highest BCUT2D eigenvalue weighted by Crippen LogP contribution is 2.20. The number of halogens is 2. The van der Waals surface area contributed by atoms with Gasteiger partial charge in [0.2, 0.25) is 5.91 Å². The van der Waals surface area contributed by atoms with E-state index in [4.69, 9.17) is 9.47 Å². The van der Waals surface area contributed by atoms with Crippen LogP contribution in [-0.4, -0.2) is 55.9 Å². The van der Waals surface area contributed by atoms with Crippen LogP contribution in [-0.2, 0) is 14.3 Å². The van der Waals surface area contributed by atoms with Crippen molar-refractivity contribution in [2.45, 2.75) is 20.1 Å². The summed E-state index contributed by atoms with van der Waals surface area (Å²) in [7, 11) is 0. The number of benzene rings is 1. The maximum absolute atomic E-state index is 13.2. The van der Waals surface area contributed by atoms with Crippen molar-refractivity contribution < 1.29 is 27.8 Å². The van der Waals surface area contributed by atoms with Gasteiger partial charge < -0.3 is 19.7 Å². The molecule has 138 valence electrons. The summed E-state index contributed by atoms with van der Waals surface area (Å²) in [6.07, 6.45) is -0.501. The quantitative estimate of drug-likeness (QED) is 0.718. The average molecular weight is 356 g/mol. The molecule has 1 saturated heterocycles. The number of hydrogen-bond donors (Lipinski definition) is 1. The van der Waals surface area contributed by atoms with Gasteiger partial charge >= 0.3 is 0 Å². The normalized spacial score (nSPS) is 14.5. The molecule has 0 unspecified atom stereocenters. The van der Waals surface area contributed by atoms with E-state index in [2.05, 4.69) is 5.32 Å². The maximum atomic E-state index is 13.2. The highest BCUT2D eigenvalue weighted by Gasteiger charge is 2.36. The number of carbonyl (C=O) groups is 2. The molecular weight excluding hydrogens is 334 g/mol. The van der Waals surface area contributed by atoms with E-state index in [-0.39, 0.29) is 37.0 Å². The van der Waals surface area contributed by atoms with E-state index in [9.17, 15) is 18.4 Å². The number of rotatable bonds is 8. The fourth-order valence-corrected chi connectivity index (χ4v) is 2.49. The van der Waals surface area contributed by atoms with Gasteiger partial charge in [0, 0.05) is 31.9 Å². The molecule has 2 rings (SSSR count). The van der Waals surface area contributed by atoms with E-state index < -0.39 is 23.8 Å². The molecule has 2 amide bonds. The monoisotopic (exact) mass is 356 g/mol. The number of nitrogens with one attached hydrogen (secondary N) is 1. The van der Waals surface area contributed by atoms with Crippen molar-refractivity contribution in [2.24, 2.45) is 5.92 Å². The van der Waals surface area contributed by atoms with Crippen molar-refractivity contribution >= 4 is 11.8 Å². The van der Waals surface area contributed by atoms with E-state index in [0.717, 1.165) is 12.1 Å². The van der Waals surface area contributed by atoms with Crippen LogP contribution in [0.2, 0.25) is 0 Å². The summed E-state index contributed by atoms with van der Waals surface area (Å²) in [6, 6.07) is 3.00. The van der Waals surface area contributed by atoms with Gasteiger partial charge in [-0.3, -0.25) is 9.59 Å². The lowest BCUT2D eigenvalue weighted by molar-refractivity contribution is -0.144. The third-order valence-electron chi connectivity index (χ3n) is 3.85. The zero-order chi connectivity index (χ0) is 18.4. The van der Waals surface area contributed by atoms with E-state index in [1.807, 2.05) is 13.8 Å². The average Bonchev–Trinajstić information content (AvgIpc) is 2.54. The summed E-state index contributed by atoms with van der Waals surface area (Å²) in [5, 5.41) is 2.73. The lowest BCUT2D eigenvalue weighted by Crippen LogP contribution is -2.56. The number of ether oxygens (including phenoxy) is 2. The molecular formula is C17H22F2N2O4. The molecule has 0 aliphatic carbocycles. The first-order chi connectivity index (χ1) is 12.0. The molecule has 1 aromatic carbocycles. The third kappa shape index (κ3) is 4.96. The molecule has 0 bridgehead atoms. The Morgan fingerprint density at radius 1 is 1.20 bits per heavy atom. The van der Waals surface area contributed by atoms with E-state index in [1.165, 1.54) is 11.0 Å². The second kappa shape index (κ2) is 8.87. The Bertz CT molecular complexity index is 615. The van der Waals surface area contributed by atoms with Crippen molar-refractivity contribution in [1.29, 1.82) is 0 Å². The predicted molar refractivity (Wildman–Crippen MR) is 85.8 cm³/mol. The van der Waals surface area contributed by atoms with Crippen LogP contribution in [0.15, 0.2) is 18.2 Å². The predicted octanol–water partition coefficient (Wildman–Crippen LogP) is 1.55. The van der Waals surface area contributed by atoms with Crippen LogP contribution in [0.1, 0.15) is 24.2 Å². The minimum Gasteiger partial charge on any atom is -0.351 e. The first-order valence-electron chi connectivity index (χ1n) is 8.21. The Morgan fingerprint density at radius 3 is 2.40 bits per heavy atom. The maximum Gasteiger partial charge on any atom is 0.254 e. The van der Waals surface area contributed by atoms with Crippen molar-refractivity contribution in [2.75, 3.05) is 32.8 Å². The number of hydrogen-bond acceptors (Lipinski definition) is 4. The molecule has 1 aliphatic heterocycles. The van der Waals surface area contributed by atoms with Gasteiger partial charge in [0.1, 0.15) is 0 Å². The summed E-state index contributed by atoms with van der Waals surface area (Å²) >= 11 is 0. The fourth-order valence-electron chi connectivity index (χ4n) is 2.49. The largest absolute Gasteiger partial charge is 0.351 e. The molecule has 1 fully saturated rings. The lowest BCUT2D eigenvalue weighted by atomic mass is 9.98. The van der Waals surface area contributed by atoms with Gasteiger partial charge in [0.15, 0.2) is 17.9 Å². The van der Waals surface area contributed by atoms with Gasteiger partial charge in [-0.25, -0.2) is 8.78 Å². The number of likely N-dealkylation sites (tertiary alicyclic amines) is 1. The molecule has 25 heavy (non-hydrogen) atoms. The minimum atomic E-state index is -1.07. The summed E-state index contributed by atoms with van der Waals surface area (Å²) in [6.45, 7) is 5.31. The van der Waals surface area contributed by atoms with Crippen LogP contribution in [0, 0.1) is 17.6 Å². The molecule has 1 heterocycles. The molecule has 8 heteroatoms. The standard InChI is InChI=1S/C17H22F2N2O4/c1-3-24-15(25-4-2)8-20-16(22)12-9-21(10-12)17(23)11-5-6-13(18)14(19)7-11/h5-7,12,15H,3-4,8-10H2,1-2H3,(H,20,22). The Hall–Kier alpha value is -2.06. The topological polar surface area (TPSA) is 67.9 Å². The molecule has 0 spiro atoms. The SMILES string of the molecule is CCOC(CNC(=O)C1CN(C(=O)c2ccc(F)c(F)c2)C1)OCC. The van der Waals surface area contributed by atoms with Crippen LogP contribution in [0.3, 0.4) is 0 Å². The molecule has 0 saturated carbocycles. The van der Waals surface area contributed by atoms with Crippen LogP contribution in [0.25, 0.3) is 0 Å². The fraction of sp³-hybridized carbons (Fsp3) is 0.529. The van der Waals surface area contributed by atoms with Crippen molar-refractivity contribution in [1.82, 2.24) is 10.2 Å². The van der Waals surface area contributed by atoms with Gasteiger partial charge in [-0.1, -0.05) is 0 Å². The van der Waals surface area contributed by atoms with Gasteiger partial charge in [0.25, 0.3) is 5.91 Å². The van der Waals surface area contributed by atoms with Crippen LogP contribution in [0.4, 0.5) is 8.78 Å². The lowest BCUT2D eigenvalue weighted by Gasteiger charge is -2.38. The molecule has 1 aliphatic rings. The minimum absolute atomic E-state index is 0.0607. The molecule has 0 aromatic heterocycles. The zero-order valence-corrected chi connectivity index (χ0v) is 14.3. The van der Waals surface area contributed by atoms with Gasteiger partial charge in [-0.15, -0.1) is 0 Å². The second-order valence-corrected chi connectivity index (χ2v) is 5.62. The van der Waals surface area contributed by atoms with Gasteiger partial charge in [-0.2, -0.15) is 0 Å². The van der Waals surface area contributed by atoms with Gasteiger partial charge in [-0.05, 0) is 32.0 Å². The summed E-state index contributed by atoms with van der Waals surface area (Å²) in [4.78, 5) is 25.6. The van der Waals surface area contributed by atoms with E-state index in [0.29, 0.717) is 13.2 Å². The molecule has 0 atom stereocenters. The van der Waals surface area contributed by atoms with E-state index >= 15 is 0 Å². The number of carbonyl (C=O) groups excluding carboxylic acids is 2. The number of nitrogens with zero attached hydrogens (tertiary/aromatic N) is 1. The molecule has 0 radical (unpaired) electrons.